The number of hydrogen-bond acceptors (Lipinski definition) is 4. The van der Waals surface area contributed by atoms with Crippen LogP contribution in [0.1, 0.15) is 38.6 Å². The SMILES string of the molecule is C[C@@H]1[C@H](N(C)CCO)CCN1C(=O)Nc1cnn(C2CCC2)c1. The highest BCUT2D eigenvalue weighted by atomic mass is 16.3. The molecule has 23 heavy (non-hydrogen) atoms. The van der Waals surface area contributed by atoms with Crippen LogP contribution >= 0.6 is 0 Å². The first-order valence-corrected chi connectivity index (χ1v) is 8.53. The lowest BCUT2D eigenvalue weighted by molar-refractivity contribution is 0.153. The molecule has 2 amide bonds. The number of carbonyl (C=O) groups excluding carboxylic acids is 1. The quantitative estimate of drug-likeness (QED) is 0.862. The van der Waals surface area contributed by atoms with Gasteiger partial charge in [0.25, 0.3) is 0 Å². The molecule has 1 aliphatic heterocycles. The van der Waals surface area contributed by atoms with Crippen molar-refractivity contribution in [2.45, 2.75) is 50.7 Å². The zero-order valence-electron chi connectivity index (χ0n) is 14.0. The number of nitrogens with one attached hydrogen (secondary N) is 1. The summed E-state index contributed by atoms with van der Waals surface area (Å²) >= 11 is 0. The van der Waals surface area contributed by atoms with E-state index in [1.54, 1.807) is 6.20 Å². The van der Waals surface area contributed by atoms with E-state index in [1.807, 2.05) is 22.8 Å². The van der Waals surface area contributed by atoms with Gasteiger partial charge in [0.15, 0.2) is 0 Å². The van der Waals surface area contributed by atoms with Gasteiger partial charge in [-0.1, -0.05) is 0 Å². The van der Waals surface area contributed by atoms with E-state index in [0.29, 0.717) is 18.6 Å². The van der Waals surface area contributed by atoms with Crippen LogP contribution in [0, 0.1) is 0 Å². The van der Waals surface area contributed by atoms with E-state index in [-0.39, 0.29) is 18.7 Å². The highest BCUT2D eigenvalue weighted by Crippen LogP contribution is 2.31. The molecule has 3 rings (SSSR count). The molecule has 0 unspecified atom stereocenters. The second-order valence-electron chi connectivity index (χ2n) is 6.72. The van der Waals surface area contributed by atoms with Gasteiger partial charge in [0, 0.05) is 31.4 Å². The molecule has 2 N–H and O–H groups in total. The van der Waals surface area contributed by atoms with Crippen LogP contribution in [-0.2, 0) is 0 Å². The van der Waals surface area contributed by atoms with Crippen LogP contribution in [0.25, 0.3) is 0 Å². The highest BCUT2D eigenvalue weighted by molar-refractivity contribution is 5.89. The summed E-state index contributed by atoms with van der Waals surface area (Å²) in [5.74, 6) is 0. The first-order chi connectivity index (χ1) is 11.1. The Morgan fingerprint density at radius 1 is 1.48 bits per heavy atom. The second kappa shape index (κ2) is 6.88. The third-order valence-corrected chi connectivity index (χ3v) is 5.30. The molecule has 2 aliphatic rings. The van der Waals surface area contributed by atoms with Crippen LogP contribution in [0.4, 0.5) is 10.5 Å². The van der Waals surface area contributed by atoms with E-state index in [9.17, 15) is 4.79 Å². The number of urea groups is 1. The number of aliphatic hydroxyl groups excluding tert-OH is 1. The number of likely N-dealkylation sites (tertiary alicyclic amines) is 1. The van der Waals surface area contributed by atoms with Crippen molar-refractivity contribution in [1.82, 2.24) is 19.6 Å². The zero-order valence-corrected chi connectivity index (χ0v) is 14.0. The number of likely N-dealkylation sites (N-methyl/N-ethyl adjacent to an activating group) is 1. The molecule has 0 radical (unpaired) electrons. The number of anilines is 1. The Kier molecular flexibility index (Phi) is 4.87. The van der Waals surface area contributed by atoms with E-state index in [1.165, 1.54) is 19.3 Å². The maximum absolute atomic E-state index is 12.5. The van der Waals surface area contributed by atoms with Crippen LogP contribution in [0.5, 0.6) is 0 Å². The lowest BCUT2D eigenvalue weighted by Gasteiger charge is -2.30. The van der Waals surface area contributed by atoms with Crippen molar-refractivity contribution in [2.24, 2.45) is 0 Å². The first-order valence-electron chi connectivity index (χ1n) is 8.53. The van der Waals surface area contributed by atoms with E-state index in [2.05, 4.69) is 22.2 Å². The molecule has 2 atom stereocenters. The van der Waals surface area contributed by atoms with Gasteiger partial charge in [0.2, 0.25) is 0 Å². The third-order valence-electron chi connectivity index (χ3n) is 5.30. The molecule has 1 saturated carbocycles. The number of aliphatic hydroxyl groups is 1. The van der Waals surface area contributed by atoms with Gasteiger partial charge in [-0.2, -0.15) is 5.10 Å². The van der Waals surface area contributed by atoms with Crippen molar-refractivity contribution < 1.29 is 9.90 Å². The molecule has 1 saturated heterocycles. The van der Waals surface area contributed by atoms with Crippen molar-refractivity contribution in [1.29, 1.82) is 0 Å². The number of hydrogen-bond donors (Lipinski definition) is 2. The summed E-state index contributed by atoms with van der Waals surface area (Å²) in [6, 6.07) is 0.868. The van der Waals surface area contributed by atoms with Gasteiger partial charge >= 0.3 is 6.03 Å². The van der Waals surface area contributed by atoms with Crippen molar-refractivity contribution in [2.75, 3.05) is 32.1 Å². The van der Waals surface area contributed by atoms with Gasteiger partial charge in [-0.25, -0.2) is 4.79 Å². The third kappa shape index (κ3) is 3.35. The van der Waals surface area contributed by atoms with E-state index in [4.69, 9.17) is 5.11 Å². The number of carbonyl (C=O) groups is 1. The Morgan fingerprint density at radius 3 is 2.91 bits per heavy atom. The standard InChI is InChI=1S/C16H27N5O2/c1-12-15(19(2)8-9-22)6-7-20(12)16(23)18-13-10-17-21(11-13)14-4-3-5-14/h10-12,14-15,22H,3-9H2,1-2H3,(H,18,23)/t12-,15-/m1/s1. The topological polar surface area (TPSA) is 73.6 Å². The first kappa shape index (κ1) is 16.3. The molecule has 7 heteroatoms. The Hall–Kier alpha value is -1.60. The Labute approximate surface area is 137 Å². The Balaban J connectivity index is 1.56. The van der Waals surface area contributed by atoms with Gasteiger partial charge in [0.05, 0.1) is 24.5 Å². The number of amides is 2. The predicted octanol–water partition coefficient (Wildman–Crippen LogP) is 1.53. The average molecular weight is 321 g/mol. The van der Waals surface area contributed by atoms with Crippen molar-refractivity contribution in [3.63, 3.8) is 0 Å². The molecule has 0 aromatic carbocycles. The van der Waals surface area contributed by atoms with Crippen LogP contribution < -0.4 is 5.32 Å². The fourth-order valence-electron chi connectivity index (χ4n) is 3.57. The van der Waals surface area contributed by atoms with E-state index >= 15 is 0 Å². The Morgan fingerprint density at radius 2 is 2.26 bits per heavy atom. The maximum Gasteiger partial charge on any atom is 0.322 e. The van der Waals surface area contributed by atoms with Crippen molar-refractivity contribution >= 4 is 11.7 Å². The van der Waals surface area contributed by atoms with E-state index in [0.717, 1.165) is 18.7 Å². The summed E-state index contributed by atoms with van der Waals surface area (Å²) in [5, 5.41) is 16.4. The molecule has 7 nitrogen and oxygen atoms in total. The fourth-order valence-corrected chi connectivity index (χ4v) is 3.57. The number of rotatable bonds is 5. The van der Waals surface area contributed by atoms with Gasteiger partial charge in [0.1, 0.15) is 0 Å². The summed E-state index contributed by atoms with van der Waals surface area (Å²) in [4.78, 5) is 16.5. The molecule has 1 aromatic heterocycles. The van der Waals surface area contributed by atoms with Gasteiger partial charge in [-0.15, -0.1) is 0 Å². The van der Waals surface area contributed by atoms with Crippen LogP contribution in [-0.4, -0.2) is 69.5 Å². The normalized spacial score (nSPS) is 25.0. The molecule has 2 heterocycles. The molecular formula is C16H27N5O2. The number of aromatic nitrogens is 2. The van der Waals surface area contributed by atoms with Gasteiger partial charge < -0.3 is 15.3 Å². The monoisotopic (exact) mass is 321 g/mol. The van der Waals surface area contributed by atoms with Gasteiger partial charge in [-0.3, -0.25) is 9.58 Å². The summed E-state index contributed by atoms with van der Waals surface area (Å²) < 4.78 is 1.96. The Bertz CT molecular complexity index is 542. The minimum Gasteiger partial charge on any atom is -0.395 e. The predicted molar refractivity (Wildman–Crippen MR) is 88.4 cm³/mol. The fraction of sp³-hybridized carbons (Fsp3) is 0.750. The summed E-state index contributed by atoms with van der Waals surface area (Å²) in [6.45, 7) is 3.60. The van der Waals surface area contributed by atoms with Crippen molar-refractivity contribution in [3.8, 4) is 0 Å². The maximum atomic E-state index is 12.5. The summed E-state index contributed by atoms with van der Waals surface area (Å²) in [6.07, 6.45) is 8.21. The highest BCUT2D eigenvalue weighted by Gasteiger charge is 2.36. The molecule has 128 valence electrons. The lowest BCUT2D eigenvalue weighted by Crippen LogP contribution is -2.45. The molecule has 0 bridgehead atoms. The zero-order chi connectivity index (χ0) is 16.4. The van der Waals surface area contributed by atoms with Crippen LogP contribution in [0.3, 0.4) is 0 Å². The smallest absolute Gasteiger partial charge is 0.322 e. The van der Waals surface area contributed by atoms with Crippen LogP contribution in [0.2, 0.25) is 0 Å². The molecule has 2 fully saturated rings. The molecule has 1 aliphatic carbocycles. The lowest BCUT2D eigenvalue weighted by atomic mass is 9.93. The molecule has 1 aromatic rings. The largest absolute Gasteiger partial charge is 0.395 e. The van der Waals surface area contributed by atoms with Crippen molar-refractivity contribution in [3.05, 3.63) is 12.4 Å². The number of nitrogens with zero attached hydrogens (tertiary/aromatic N) is 4. The van der Waals surface area contributed by atoms with E-state index < -0.39 is 0 Å². The summed E-state index contributed by atoms with van der Waals surface area (Å²) in [7, 11) is 2.00. The minimum atomic E-state index is -0.0643. The molecule has 0 spiro atoms. The molecular weight excluding hydrogens is 294 g/mol. The van der Waals surface area contributed by atoms with Gasteiger partial charge in [-0.05, 0) is 39.7 Å². The minimum absolute atomic E-state index is 0.0643. The second-order valence-corrected chi connectivity index (χ2v) is 6.72. The van der Waals surface area contributed by atoms with Crippen LogP contribution in [0.15, 0.2) is 12.4 Å². The summed E-state index contributed by atoms with van der Waals surface area (Å²) in [5.41, 5.74) is 0.765. The average Bonchev–Trinajstić information content (AvgIpc) is 3.04.